The van der Waals surface area contributed by atoms with E-state index in [9.17, 15) is 4.79 Å². The third kappa shape index (κ3) is 4.24. The molecule has 0 saturated heterocycles. The first kappa shape index (κ1) is 20.1. The number of aromatic amines is 1. The fourth-order valence-corrected chi connectivity index (χ4v) is 3.86. The molecule has 0 spiro atoms. The zero-order valence-corrected chi connectivity index (χ0v) is 17.0. The van der Waals surface area contributed by atoms with Gasteiger partial charge in [-0.2, -0.15) is 10.5 Å². The Hall–Kier alpha value is -4.16. The van der Waals surface area contributed by atoms with Crippen LogP contribution >= 0.6 is 0 Å². The van der Waals surface area contributed by atoms with Gasteiger partial charge in [0.1, 0.15) is 13.1 Å². The summed E-state index contributed by atoms with van der Waals surface area (Å²) >= 11 is 0. The number of aromatic nitrogens is 2. The van der Waals surface area contributed by atoms with Gasteiger partial charge in [-0.05, 0) is 36.6 Å². The molecule has 0 bridgehead atoms. The highest BCUT2D eigenvalue weighted by molar-refractivity contribution is 5.91. The SMILES string of the molecule is N#CCN(CC#N)C(=O)CCCc1c(-c2ccc3ccccc3n2)[nH]c2ccccc12. The van der Waals surface area contributed by atoms with Crippen molar-refractivity contribution in [2.75, 3.05) is 13.1 Å². The Morgan fingerprint density at radius 3 is 2.52 bits per heavy atom. The molecule has 0 radical (unpaired) electrons. The van der Waals surface area contributed by atoms with Gasteiger partial charge in [-0.1, -0.05) is 42.5 Å². The molecule has 2 aromatic carbocycles. The highest BCUT2D eigenvalue weighted by atomic mass is 16.2. The fraction of sp³-hybridized carbons (Fsp3) is 0.200. The maximum absolute atomic E-state index is 12.4. The summed E-state index contributed by atoms with van der Waals surface area (Å²) < 4.78 is 0. The summed E-state index contributed by atoms with van der Waals surface area (Å²) in [6.45, 7) is -0.128. The first-order valence-corrected chi connectivity index (χ1v) is 10.2. The molecule has 1 N–H and O–H groups in total. The monoisotopic (exact) mass is 407 g/mol. The van der Waals surface area contributed by atoms with Crippen LogP contribution in [0.1, 0.15) is 18.4 Å². The minimum absolute atomic E-state index is 0.0638. The Morgan fingerprint density at radius 1 is 0.968 bits per heavy atom. The van der Waals surface area contributed by atoms with Crippen molar-refractivity contribution < 1.29 is 4.79 Å². The van der Waals surface area contributed by atoms with Crippen LogP contribution in [0.25, 0.3) is 33.2 Å². The number of pyridine rings is 1. The lowest BCUT2D eigenvalue weighted by Gasteiger charge is -2.15. The molecule has 2 heterocycles. The van der Waals surface area contributed by atoms with Gasteiger partial charge in [-0.3, -0.25) is 4.79 Å². The van der Waals surface area contributed by atoms with Crippen LogP contribution in [0.2, 0.25) is 0 Å². The molecule has 0 fully saturated rings. The number of hydrogen-bond donors (Lipinski definition) is 1. The van der Waals surface area contributed by atoms with Crippen molar-refractivity contribution in [1.82, 2.24) is 14.9 Å². The summed E-state index contributed by atoms with van der Waals surface area (Å²) in [5.41, 5.74) is 4.92. The summed E-state index contributed by atoms with van der Waals surface area (Å²) in [5, 5.41) is 20.0. The van der Waals surface area contributed by atoms with Gasteiger partial charge in [-0.25, -0.2) is 4.98 Å². The van der Waals surface area contributed by atoms with Gasteiger partial charge in [0.25, 0.3) is 0 Å². The maximum atomic E-state index is 12.4. The van der Waals surface area contributed by atoms with E-state index >= 15 is 0 Å². The largest absolute Gasteiger partial charge is 0.353 e. The lowest BCUT2D eigenvalue weighted by Crippen LogP contribution is -2.31. The highest BCUT2D eigenvalue weighted by Crippen LogP contribution is 2.31. The number of nitriles is 2. The molecule has 2 aromatic heterocycles. The molecule has 6 heteroatoms. The Bertz CT molecular complexity index is 1310. The number of benzene rings is 2. The molecule has 0 aliphatic carbocycles. The number of amides is 1. The predicted molar refractivity (Wildman–Crippen MR) is 120 cm³/mol. The Balaban J connectivity index is 1.62. The van der Waals surface area contributed by atoms with Crippen LogP contribution in [0.15, 0.2) is 60.7 Å². The van der Waals surface area contributed by atoms with Crippen molar-refractivity contribution in [3.05, 3.63) is 66.2 Å². The zero-order chi connectivity index (χ0) is 21.6. The Labute approximate surface area is 180 Å². The van der Waals surface area contributed by atoms with Crippen molar-refractivity contribution in [3.8, 4) is 23.5 Å². The Morgan fingerprint density at radius 2 is 1.71 bits per heavy atom. The molecular formula is C25H21N5O. The lowest BCUT2D eigenvalue weighted by atomic mass is 10.0. The molecule has 4 rings (SSSR count). The van der Waals surface area contributed by atoms with Crippen LogP contribution in [0, 0.1) is 22.7 Å². The quantitative estimate of drug-likeness (QED) is 0.453. The van der Waals surface area contributed by atoms with Crippen LogP contribution in [-0.4, -0.2) is 33.9 Å². The van der Waals surface area contributed by atoms with Crippen LogP contribution in [0.3, 0.4) is 0 Å². The van der Waals surface area contributed by atoms with E-state index in [-0.39, 0.29) is 25.4 Å². The number of H-pyrrole nitrogens is 1. The average molecular weight is 407 g/mol. The standard InChI is InChI=1S/C25H21N5O/c26-14-16-30(17-15-27)24(31)11-5-8-20-19-7-2-4-10-22(19)29-25(20)23-13-12-18-6-1-3-9-21(18)28-23/h1-4,6-7,9-10,12-13,29H,5,8,11,16-17H2. The molecule has 6 nitrogen and oxygen atoms in total. The van der Waals surface area contributed by atoms with E-state index in [4.69, 9.17) is 15.5 Å². The van der Waals surface area contributed by atoms with E-state index in [0.29, 0.717) is 12.8 Å². The molecule has 152 valence electrons. The van der Waals surface area contributed by atoms with E-state index in [0.717, 1.165) is 38.8 Å². The van der Waals surface area contributed by atoms with Gasteiger partial charge in [0.05, 0.1) is 29.0 Å². The molecule has 0 unspecified atom stereocenters. The van der Waals surface area contributed by atoms with Crippen LogP contribution < -0.4 is 0 Å². The molecule has 0 atom stereocenters. The number of para-hydroxylation sites is 2. The number of rotatable bonds is 7. The summed E-state index contributed by atoms with van der Waals surface area (Å²) in [5.74, 6) is -0.173. The van der Waals surface area contributed by atoms with Crippen molar-refractivity contribution in [2.24, 2.45) is 0 Å². The van der Waals surface area contributed by atoms with Gasteiger partial charge >= 0.3 is 0 Å². The minimum atomic E-state index is -0.173. The van der Waals surface area contributed by atoms with Crippen LogP contribution in [0.5, 0.6) is 0 Å². The minimum Gasteiger partial charge on any atom is -0.353 e. The lowest BCUT2D eigenvalue weighted by molar-refractivity contribution is -0.130. The third-order valence-electron chi connectivity index (χ3n) is 5.36. The second-order valence-corrected chi connectivity index (χ2v) is 7.33. The molecule has 1 amide bonds. The van der Waals surface area contributed by atoms with Crippen LogP contribution in [0.4, 0.5) is 0 Å². The molecule has 0 saturated carbocycles. The summed E-state index contributed by atoms with van der Waals surface area (Å²) in [6, 6.07) is 24.1. The number of carbonyl (C=O) groups is 1. The van der Waals surface area contributed by atoms with Gasteiger partial charge in [-0.15, -0.1) is 0 Å². The Kier molecular flexibility index (Phi) is 5.91. The topological polar surface area (TPSA) is 96.6 Å². The maximum Gasteiger partial charge on any atom is 0.224 e. The van der Waals surface area contributed by atoms with Gasteiger partial charge in [0.2, 0.25) is 5.91 Å². The van der Waals surface area contributed by atoms with E-state index in [1.165, 1.54) is 4.90 Å². The first-order chi connectivity index (χ1) is 15.2. The van der Waals surface area contributed by atoms with Crippen molar-refractivity contribution in [3.63, 3.8) is 0 Å². The number of nitrogens with one attached hydrogen (secondary N) is 1. The van der Waals surface area contributed by atoms with E-state index in [1.807, 2.05) is 60.7 Å². The zero-order valence-electron chi connectivity index (χ0n) is 17.0. The smallest absolute Gasteiger partial charge is 0.224 e. The number of nitrogens with zero attached hydrogens (tertiary/aromatic N) is 4. The van der Waals surface area contributed by atoms with Gasteiger partial charge in [0.15, 0.2) is 0 Å². The first-order valence-electron chi connectivity index (χ1n) is 10.2. The molecular weight excluding hydrogens is 386 g/mol. The summed E-state index contributed by atoms with van der Waals surface area (Å²) in [4.78, 5) is 22.1. The predicted octanol–water partition coefficient (Wildman–Crippen LogP) is 4.58. The number of hydrogen-bond acceptors (Lipinski definition) is 4. The summed E-state index contributed by atoms with van der Waals surface area (Å²) in [6.07, 6.45) is 1.59. The fourth-order valence-electron chi connectivity index (χ4n) is 3.86. The number of aryl methyl sites for hydroxylation is 1. The van der Waals surface area contributed by atoms with E-state index in [2.05, 4.69) is 17.1 Å². The normalized spacial score (nSPS) is 10.6. The second-order valence-electron chi connectivity index (χ2n) is 7.33. The average Bonchev–Trinajstić information content (AvgIpc) is 3.17. The molecule has 31 heavy (non-hydrogen) atoms. The molecule has 4 aromatic rings. The molecule has 0 aliphatic rings. The van der Waals surface area contributed by atoms with Crippen molar-refractivity contribution >= 4 is 27.7 Å². The van der Waals surface area contributed by atoms with Crippen molar-refractivity contribution in [1.29, 1.82) is 10.5 Å². The van der Waals surface area contributed by atoms with Gasteiger partial charge < -0.3 is 9.88 Å². The number of carbonyl (C=O) groups excluding carboxylic acids is 1. The van der Waals surface area contributed by atoms with Crippen molar-refractivity contribution in [2.45, 2.75) is 19.3 Å². The van der Waals surface area contributed by atoms with Crippen LogP contribution in [-0.2, 0) is 11.2 Å². The second kappa shape index (κ2) is 9.11. The van der Waals surface area contributed by atoms with Gasteiger partial charge in [0, 0.05) is 22.7 Å². The highest BCUT2D eigenvalue weighted by Gasteiger charge is 2.17. The van der Waals surface area contributed by atoms with E-state index in [1.54, 1.807) is 0 Å². The third-order valence-corrected chi connectivity index (χ3v) is 5.36. The van der Waals surface area contributed by atoms with E-state index < -0.39 is 0 Å². The number of fused-ring (bicyclic) bond motifs is 2. The molecule has 0 aliphatic heterocycles. The summed E-state index contributed by atoms with van der Waals surface area (Å²) in [7, 11) is 0.